The van der Waals surface area contributed by atoms with Gasteiger partial charge in [0.25, 0.3) is 0 Å². The zero-order chi connectivity index (χ0) is 7.54. The van der Waals surface area contributed by atoms with Gasteiger partial charge in [-0.2, -0.15) is 0 Å². The summed E-state index contributed by atoms with van der Waals surface area (Å²) in [5, 5.41) is 0. The minimum atomic E-state index is 0.571. The summed E-state index contributed by atoms with van der Waals surface area (Å²) in [4.78, 5) is 0. The first-order valence-corrected chi connectivity index (χ1v) is 3.47. The summed E-state index contributed by atoms with van der Waals surface area (Å²) in [6, 6.07) is 0. The Kier molecular flexibility index (Phi) is 20.0. The Hall–Kier alpha value is -0.270. The summed E-state index contributed by atoms with van der Waals surface area (Å²) in [5.41, 5.74) is 6.54. The van der Waals surface area contributed by atoms with Crippen LogP contribution in [0.2, 0.25) is 0 Å². The Bertz CT molecular complexity index is 77.0. The van der Waals surface area contributed by atoms with Crippen molar-refractivity contribution < 1.29 is 0 Å². The molecular weight excluding hydrogens is 134 g/mol. The minimum Gasteiger partial charge on any atom is -0.327 e. The molecule has 0 aromatic heterocycles. The quantitative estimate of drug-likeness (QED) is 0.596. The smallest absolute Gasteiger partial charge is 0.0109 e. The first-order valence-electron chi connectivity index (χ1n) is 3.03. The third-order valence-electron chi connectivity index (χ3n) is 0.456. The van der Waals surface area contributed by atoms with Crippen LogP contribution in [0.4, 0.5) is 0 Å². The first kappa shape index (κ1) is 11.5. The van der Waals surface area contributed by atoms with E-state index in [1.807, 2.05) is 19.9 Å². The standard InChI is InChI=1S/C5H8ClN.C2H6/c6-4-2-1-3-5-7;1-2/h1-4H,5,7H2;1-2H3/b3-1-,4-2-;. The molecule has 2 heteroatoms. The van der Waals surface area contributed by atoms with E-state index in [0.717, 1.165) is 0 Å². The fourth-order valence-corrected chi connectivity index (χ4v) is 0.283. The summed E-state index contributed by atoms with van der Waals surface area (Å²) in [6.45, 7) is 4.57. The van der Waals surface area contributed by atoms with Crippen molar-refractivity contribution in [2.24, 2.45) is 5.73 Å². The highest BCUT2D eigenvalue weighted by Crippen LogP contribution is 1.78. The molecule has 0 atom stereocenters. The van der Waals surface area contributed by atoms with Gasteiger partial charge in [0.2, 0.25) is 0 Å². The maximum Gasteiger partial charge on any atom is 0.0109 e. The maximum absolute atomic E-state index is 5.16. The van der Waals surface area contributed by atoms with Crippen LogP contribution < -0.4 is 5.73 Å². The molecule has 2 N–H and O–H groups in total. The Morgan fingerprint density at radius 3 is 2.22 bits per heavy atom. The number of allylic oxidation sites excluding steroid dienone is 2. The number of nitrogens with two attached hydrogens (primary N) is 1. The molecule has 0 spiro atoms. The lowest BCUT2D eigenvalue weighted by Gasteiger charge is -1.70. The topological polar surface area (TPSA) is 26.0 Å². The van der Waals surface area contributed by atoms with Crippen molar-refractivity contribution in [3.8, 4) is 0 Å². The molecule has 0 heterocycles. The van der Waals surface area contributed by atoms with Crippen LogP contribution in [0.3, 0.4) is 0 Å². The van der Waals surface area contributed by atoms with E-state index in [1.54, 1.807) is 12.2 Å². The van der Waals surface area contributed by atoms with Crippen molar-refractivity contribution >= 4 is 11.6 Å². The fraction of sp³-hybridized carbons (Fsp3) is 0.429. The van der Waals surface area contributed by atoms with E-state index in [4.69, 9.17) is 17.3 Å². The van der Waals surface area contributed by atoms with Crippen LogP contribution >= 0.6 is 11.6 Å². The van der Waals surface area contributed by atoms with E-state index in [9.17, 15) is 0 Å². The molecule has 0 aliphatic heterocycles. The van der Waals surface area contributed by atoms with E-state index in [-0.39, 0.29) is 0 Å². The molecule has 0 aromatic carbocycles. The van der Waals surface area contributed by atoms with Gasteiger partial charge in [0.1, 0.15) is 0 Å². The summed E-state index contributed by atoms with van der Waals surface area (Å²) in [6.07, 6.45) is 5.33. The Labute approximate surface area is 62.2 Å². The van der Waals surface area contributed by atoms with Gasteiger partial charge in [-0.05, 0) is 0 Å². The van der Waals surface area contributed by atoms with Gasteiger partial charge in [0.05, 0.1) is 0 Å². The van der Waals surface area contributed by atoms with E-state index >= 15 is 0 Å². The molecule has 0 aliphatic rings. The number of hydrogen-bond acceptors (Lipinski definition) is 1. The van der Waals surface area contributed by atoms with E-state index < -0.39 is 0 Å². The normalized spacial score (nSPS) is 9.78. The van der Waals surface area contributed by atoms with Crippen LogP contribution in [0, 0.1) is 0 Å². The van der Waals surface area contributed by atoms with Gasteiger partial charge < -0.3 is 5.73 Å². The highest BCUT2D eigenvalue weighted by atomic mass is 35.5. The fourth-order valence-electron chi connectivity index (χ4n) is 0.199. The molecule has 54 valence electrons. The maximum atomic E-state index is 5.16. The lowest BCUT2D eigenvalue weighted by molar-refractivity contribution is 1.25. The van der Waals surface area contributed by atoms with Crippen molar-refractivity contribution in [3.05, 3.63) is 23.8 Å². The van der Waals surface area contributed by atoms with Crippen LogP contribution in [0.25, 0.3) is 0 Å². The molecule has 0 saturated heterocycles. The second kappa shape index (κ2) is 15.6. The molecule has 0 rings (SSSR count). The summed E-state index contributed by atoms with van der Waals surface area (Å²) >= 11 is 5.16. The van der Waals surface area contributed by atoms with Crippen LogP contribution in [0.15, 0.2) is 23.8 Å². The van der Waals surface area contributed by atoms with E-state index in [1.165, 1.54) is 5.54 Å². The summed E-state index contributed by atoms with van der Waals surface area (Å²) < 4.78 is 0. The molecular formula is C7H14ClN. The summed E-state index contributed by atoms with van der Waals surface area (Å²) in [5.74, 6) is 0. The number of rotatable bonds is 2. The van der Waals surface area contributed by atoms with Crippen LogP contribution in [0.1, 0.15) is 13.8 Å². The molecule has 0 aliphatic carbocycles. The van der Waals surface area contributed by atoms with Gasteiger partial charge in [-0.1, -0.05) is 43.7 Å². The number of halogens is 1. The zero-order valence-electron chi connectivity index (χ0n) is 5.97. The second-order valence-corrected chi connectivity index (χ2v) is 1.23. The summed E-state index contributed by atoms with van der Waals surface area (Å²) in [7, 11) is 0. The van der Waals surface area contributed by atoms with Crippen molar-refractivity contribution in [2.45, 2.75) is 13.8 Å². The highest BCUT2D eigenvalue weighted by molar-refractivity contribution is 6.25. The Morgan fingerprint density at radius 2 is 1.89 bits per heavy atom. The SMILES string of the molecule is CC.NC/C=C\C=C/Cl. The predicted molar refractivity (Wildman–Crippen MR) is 44.5 cm³/mol. The average Bonchev–Trinajstić information content (AvgIpc) is 1.94. The van der Waals surface area contributed by atoms with E-state index in [2.05, 4.69) is 0 Å². The van der Waals surface area contributed by atoms with Gasteiger partial charge in [-0.3, -0.25) is 0 Å². The highest BCUT2D eigenvalue weighted by Gasteiger charge is 1.58. The van der Waals surface area contributed by atoms with Crippen molar-refractivity contribution in [3.63, 3.8) is 0 Å². The number of hydrogen-bond donors (Lipinski definition) is 1. The lowest BCUT2D eigenvalue weighted by Crippen LogP contribution is -1.91. The van der Waals surface area contributed by atoms with Crippen LogP contribution in [0.5, 0.6) is 0 Å². The minimum absolute atomic E-state index is 0.571. The molecule has 0 aromatic rings. The molecule has 0 saturated carbocycles. The molecule has 0 fully saturated rings. The largest absolute Gasteiger partial charge is 0.327 e. The molecule has 9 heavy (non-hydrogen) atoms. The van der Waals surface area contributed by atoms with Crippen molar-refractivity contribution in [1.29, 1.82) is 0 Å². The molecule has 0 radical (unpaired) electrons. The Morgan fingerprint density at radius 1 is 1.33 bits per heavy atom. The average molecular weight is 148 g/mol. The van der Waals surface area contributed by atoms with Gasteiger partial charge in [0, 0.05) is 12.1 Å². The van der Waals surface area contributed by atoms with Gasteiger partial charge in [-0.25, -0.2) is 0 Å². The van der Waals surface area contributed by atoms with Crippen molar-refractivity contribution in [2.75, 3.05) is 6.54 Å². The van der Waals surface area contributed by atoms with Gasteiger partial charge >= 0.3 is 0 Å². The lowest BCUT2D eigenvalue weighted by atomic mass is 10.5. The predicted octanol–water partition coefficient (Wildman–Crippen LogP) is 2.28. The van der Waals surface area contributed by atoms with Crippen molar-refractivity contribution in [1.82, 2.24) is 0 Å². The van der Waals surface area contributed by atoms with E-state index in [0.29, 0.717) is 6.54 Å². The first-order chi connectivity index (χ1) is 4.41. The van der Waals surface area contributed by atoms with Crippen LogP contribution in [-0.4, -0.2) is 6.54 Å². The molecule has 0 amide bonds. The molecule has 0 unspecified atom stereocenters. The molecule has 1 nitrogen and oxygen atoms in total. The Balaban J connectivity index is 0. The second-order valence-electron chi connectivity index (χ2n) is 0.982. The van der Waals surface area contributed by atoms with Gasteiger partial charge in [0.15, 0.2) is 0 Å². The van der Waals surface area contributed by atoms with Crippen LogP contribution in [-0.2, 0) is 0 Å². The van der Waals surface area contributed by atoms with Gasteiger partial charge in [-0.15, -0.1) is 0 Å². The third-order valence-corrected chi connectivity index (χ3v) is 0.601. The molecule has 0 bridgehead atoms. The third kappa shape index (κ3) is 18.2. The monoisotopic (exact) mass is 147 g/mol. The zero-order valence-corrected chi connectivity index (χ0v) is 6.73.